The molecule has 0 bridgehead atoms. The van der Waals surface area contributed by atoms with Gasteiger partial charge in [-0.3, -0.25) is 14.5 Å². The molecule has 130 valence electrons. The predicted octanol–water partition coefficient (Wildman–Crippen LogP) is 2.35. The van der Waals surface area contributed by atoms with Gasteiger partial charge in [0.2, 0.25) is 5.91 Å². The van der Waals surface area contributed by atoms with E-state index in [0.29, 0.717) is 19.1 Å². The molecule has 23 heavy (non-hydrogen) atoms. The highest BCUT2D eigenvalue weighted by atomic mass is 16.4. The second-order valence-corrected chi connectivity index (χ2v) is 7.69. The molecule has 1 heterocycles. The third-order valence-electron chi connectivity index (χ3n) is 6.40. The lowest BCUT2D eigenvalue weighted by molar-refractivity contribution is -0.149. The molecule has 1 N–H and O–H groups in total. The van der Waals surface area contributed by atoms with Crippen molar-refractivity contribution in [3.63, 3.8) is 0 Å². The van der Waals surface area contributed by atoms with Gasteiger partial charge in [-0.05, 0) is 38.5 Å². The van der Waals surface area contributed by atoms with Crippen molar-refractivity contribution in [3.05, 3.63) is 0 Å². The predicted molar refractivity (Wildman–Crippen MR) is 88.1 cm³/mol. The summed E-state index contributed by atoms with van der Waals surface area (Å²) < 4.78 is 0. The minimum absolute atomic E-state index is 0.194. The van der Waals surface area contributed by atoms with Crippen molar-refractivity contribution < 1.29 is 14.7 Å². The molecule has 2 saturated carbocycles. The molecule has 3 aliphatic rings. The molecule has 0 aromatic heterocycles. The van der Waals surface area contributed by atoms with Gasteiger partial charge in [0.05, 0.1) is 12.0 Å². The Labute approximate surface area is 139 Å². The summed E-state index contributed by atoms with van der Waals surface area (Å²) in [6.07, 6.45) is 8.78. The summed E-state index contributed by atoms with van der Waals surface area (Å²) in [6, 6.07) is 0.400. The molecule has 1 saturated heterocycles. The van der Waals surface area contributed by atoms with Crippen molar-refractivity contribution in [2.75, 3.05) is 26.2 Å². The van der Waals surface area contributed by atoms with Crippen LogP contribution in [0, 0.1) is 11.3 Å². The first-order valence-electron chi connectivity index (χ1n) is 9.32. The van der Waals surface area contributed by atoms with E-state index in [1.54, 1.807) is 0 Å². The van der Waals surface area contributed by atoms with Crippen molar-refractivity contribution in [3.8, 4) is 0 Å². The summed E-state index contributed by atoms with van der Waals surface area (Å²) in [5.41, 5.74) is -0.581. The summed E-state index contributed by atoms with van der Waals surface area (Å²) in [5.74, 6) is -0.230. The smallest absolute Gasteiger partial charge is 0.311 e. The third kappa shape index (κ3) is 3.12. The Morgan fingerprint density at radius 2 is 1.91 bits per heavy atom. The summed E-state index contributed by atoms with van der Waals surface area (Å²) in [4.78, 5) is 28.7. The van der Waals surface area contributed by atoms with Gasteiger partial charge < -0.3 is 10.0 Å². The topological polar surface area (TPSA) is 60.9 Å². The van der Waals surface area contributed by atoms with E-state index < -0.39 is 11.4 Å². The molecule has 1 aliphatic heterocycles. The number of likely N-dealkylation sites (tertiary alicyclic amines) is 1. The Bertz CT molecular complexity index is 461. The molecule has 1 amide bonds. The van der Waals surface area contributed by atoms with Gasteiger partial charge in [-0.2, -0.15) is 0 Å². The number of hydrogen-bond acceptors (Lipinski definition) is 3. The number of hydrogen-bond donors (Lipinski definition) is 1. The number of rotatable bonds is 5. The zero-order chi connectivity index (χ0) is 16.4. The maximum atomic E-state index is 12.8. The molecule has 2 aliphatic carbocycles. The van der Waals surface area contributed by atoms with Crippen LogP contribution in [0.15, 0.2) is 0 Å². The van der Waals surface area contributed by atoms with E-state index in [-0.39, 0.29) is 11.8 Å². The minimum Gasteiger partial charge on any atom is -0.481 e. The summed E-state index contributed by atoms with van der Waals surface area (Å²) >= 11 is 0. The van der Waals surface area contributed by atoms with Crippen LogP contribution in [0.25, 0.3) is 0 Å². The molecule has 0 unspecified atom stereocenters. The SMILES string of the molecule is CCN(C(=O)CN1C[C@@H]2CCC[C@@]2(C(=O)O)C1)C1CCCCC1. The molecule has 5 heteroatoms. The van der Waals surface area contributed by atoms with E-state index in [9.17, 15) is 14.7 Å². The van der Waals surface area contributed by atoms with Crippen LogP contribution in [-0.4, -0.2) is 59.0 Å². The molecule has 0 aromatic rings. The zero-order valence-corrected chi connectivity index (χ0v) is 14.3. The summed E-state index contributed by atoms with van der Waals surface area (Å²) in [7, 11) is 0. The maximum absolute atomic E-state index is 12.8. The average Bonchev–Trinajstić information content (AvgIpc) is 3.07. The molecule has 5 nitrogen and oxygen atoms in total. The minimum atomic E-state index is -0.658. The van der Waals surface area contributed by atoms with Gasteiger partial charge in [0.25, 0.3) is 0 Å². The summed E-state index contributed by atoms with van der Waals surface area (Å²) in [6.45, 7) is 4.56. The lowest BCUT2D eigenvalue weighted by Crippen LogP contribution is -2.46. The van der Waals surface area contributed by atoms with Gasteiger partial charge in [-0.15, -0.1) is 0 Å². The van der Waals surface area contributed by atoms with E-state index in [1.165, 1.54) is 19.3 Å². The van der Waals surface area contributed by atoms with Crippen LogP contribution in [0.1, 0.15) is 58.3 Å². The van der Waals surface area contributed by atoms with Crippen LogP contribution < -0.4 is 0 Å². The number of nitrogens with zero attached hydrogens (tertiary/aromatic N) is 2. The first-order chi connectivity index (χ1) is 11.1. The van der Waals surface area contributed by atoms with Crippen molar-refractivity contribution in [2.45, 2.75) is 64.3 Å². The van der Waals surface area contributed by atoms with E-state index in [2.05, 4.69) is 11.8 Å². The van der Waals surface area contributed by atoms with E-state index >= 15 is 0 Å². The number of carbonyl (C=O) groups excluding carboxylic acids is 1. The quantitative estimate of drug-likeness (QED) is 0.844. The summed E-state index contributed by atoms with van der Waals surface area (Å²) in [5, 5.41) is 9.66. The molecule has 3 rings (SSSR count). The highest BCUT2D eigenvalue weighted by molar-refractivity contribution is 5.80. The van der Waals surface area contributed by atoms with Crippen LogP contribution in [0.4, 0.5) is 0 Å². The number of amides is 1. The van der Waals surface area contributed by atoms with Crippen molar-refractivity contribution >= 4 is 11.9 Å². The fourth-order valence-corrected chi connectivity index (χ4v) is 5.18. The monoisotopic (exact) mass is 322 g/mol. The number of aliphatic carboxylic acids is 1. The number of likely N-dealkylation sites (N-methyl/N-ethyl adjacent to an activating group) is 1. The first-order valence-corrected chi connectivity index (χ1v) is 9.32. The van der Waals surface area contributed by atoms with Crippen LogP contribution >= 0.6 is 0 Å². The zero-order valence-electron chi connectivity index (χ0n) is 14.3. The Morgan fingerprint density at radius 1 is 1.17 bits per heavy atom. The lowest BCUT2D eigenvalue weighted by atomic mass is 9.81. The van der Waals surface area contributed by atoms with E-state index in [4.69, 9.17) is 0 Å². The Kier molecular flexibility index (Phi) is 4.95. The highest BCUT2D eigenvalue weighted by Crippen LogP contribution is 2.48. The molecule has 3 fully saturated rings. The van der Waals surface area contributed by atoms with Crippen molar-refractivity contribution in [2.24, 2.45) is 11.3 Å². The third-order valence-corrected chi connectivity index (χ3v) is 6.40. The molecule has 0 spiro atoms. The second-order valence-electron chi connectivity index (χ2n) is 7.69. The Balaban J connectivity index is 1.60. The van der Waals surface area contributed by atoms with Gasteiger partial charge in [0, 0.05) is 25.7 Å². The standard InChI is InChI=1S/C18H30N2O3/c1-2-20(15-8-4-3-5-9-15)16(21)12-19-11-14-7-6-10-18(14,13-19)17(22)23/h14-15H,2-13H2,1H3,(H,22,23)/t14-,18+/m0/s1. The van der Waals surface area contributed by atoms with Crippen molar-refractivity contribution in [1.29, 1.82) is 0 Å². The maximum Gasteiger partial charge on any atom is 0.311 e. The van der Waals surface area contributed by atoms with Gasteiger partial charge in [-0.1, -0.05) is 25.7 Å². The first kappa shape index (κ1) is 16.7. The van der Waals surface area contributed by atoms with E-state index in [0.717, 1.165) is 45.2 Å². The molecule has 0 radical (unpaired) electrons. The Morgan fingerprint density at radius 3 is 2.52 bits per heavy atom. The lowest BCUT2D eigenvalue weighted by Gasteiger charge is -2.34. The largest absolute Gasteiger partial charge is 0.481 e. The van der Waals surface area contributed by atoms with E-state index in [1.807, 2.05) is 4.90 Å². The molecular weight excluding hydrogens is 292 g/mol. The number of carbonyl (C=O) groups is 2. The fraction of sp³-hybridized carbons (Fsp3) is 0.889. The fourth-order valence-electron chi connectivity index (χ4n) is 5.18. The number of fused-ring (bicyclic) bond motifs is 1. The number of carboxylic acid groups (broad SMARTS) is 1. The van der Waals surface area contributed by atoms with Gasteiger partial charge in [0.1, 0.15) is 0 Å². The average molecular weight is 322 g/mol. The highest BCUT2D eigenvalue weighted by Gasteiger charge is 2.54. The van der Waals surface area contributed by atoms with Crippen LogP contribution in [0.2, 0.25) is 0 Å². The van der Waals surface area contributed by atoms with Gasteiger partial charge in [0.15, 0.2) is 0 Å². The van der Waals surface area contributed by atoms with Crippen LogP contribution in [0.5, 0.6) is 0 Å². The normalized spacial score (nSPS) is 32.0. The van der Waals surface area contributed by atoms with Crippen molar-refractivity contribution in [1.82, 2.24) is 9.80 Å². The number of carboxylic acids is 1. The Hall–Kier alpha value is -1.10. The molecule has 2 atom stereocenters. The van der Waals surface area contributed by atoms with Crippen LogP contribution in [0.3, 0.4) is 0 Å². The van der Waals surface area contributed by atoms with Gasteiger partial charge in [-0.25, -0.2) is 0 Å². The van der Waals surface area contributed by atoms with Gasteiger partial charge >= 0.3 is 5.97 Å². The molecule has 0 aromatic carbocycles. The molecular formula is C18H30N2O3. The van der Waals surface area contributed by atoms with Crippen LogP contribution in [-0.2, 0) is 9.59 Å². The second kappa shape index (κ2) is 6.80.